The molecule has 0 aliphatic heterocycles. The summed E-state index contributed by atoms with van der Waals surface area (Å²) in [7, 11) is 4.62. The maximum Gasteiger partial charge on any atom is 0.0966 e. The first kappa shape index (κ1) is 27.2. The van der Waals surface area contributed by atoms with Crippen molar-refractivity contribution in [3.63, 3.8) is 0 Å². The Morgan fingerprint density at radius 2 is 1.04 bits per heavy atom. The largest absolute Gasteiger partial charge is 1.00 e. The summed E-state index contributed by atoms with van der Waals surface area (Å²) in [6, 6.07) is 0. The lowest BCUT2D eigenvalue weighted by Gasteiger charge is -2.28. The minimum Gasteiger partial charge on any atom is -1.00 e. The van der Waals surface area contributed by atoms with Crippen molar-refractivity contribution in [3.05, 3.63) is 12.7 Å². The molecule has 0 radical (unpaired) electrons. The molecular weight excluding hydrogens is 326 g/mol. The number of nitrogens with zero attached hydrogens (tertiary/aromatic N) is 1. The molecule has 0 saturated heterocycles. The van der Waals surface area contributed by atoms with Gasteiger partial charge in [-0.05, 0) is 24.8 Å². The normalized spacial score (nSPS) is 11.6. The molecule has 0 aliphatic rings. The molecule has 152 valence electrons. The van der Waals surface area contributed by atoms with E-state index >= 15 is 0 Å². The third-order valence-electron chi connectivity index (χ3n) is 5.17. The van der Waals surface area contributed by atoms with Gasteiger partial charge in [0.25, 0.3) is 0 Å². The van der Waals surface area contributed by atoms with Gasteiger partial charge in [0.15, 0.2) is 0 Å². The number of unbranched alkanes of at least 4 members (excludes halogenated alkanes) is 12. The molecule has 2 heteroatoms. The summed E-state index contributed by atoms with van der Waals surface area (Å²) in [6.07, 6.45) is 22.3. The van der Waals surface area contributed by atoms with Crippen molar-refractivity contribution in [1.29, 1.82) is 0 Å². The summed E-state index contributed by atoms with van der Waals surface area (Å²) in [5.41, 5.74) is 0. The van der Waals surface area contributed by atoms with Crippen molar-refractivity contribution in [1.82, 2.24) is 0 Å². The lowest BCUT2D eigenvalue weighted by molar-refractivity contribution is -0.884. The number of rotatable bonds is 18. The van der Waals surface area contributed by atoms with Crippen LogP contribution in [0.15, 0.2) is 12.7 Å². The third kappa shape index (κ3) is 21.9. The average molecular weight is 374 g/mol. The molecule has 0 aromatic rings. The molecule has 0 aromatic heterocycles. The van der Waals surface area contributed by atoms with Crippen LogP contribution in [-0.2, 0) is 0 Å². The third-order valence-corrected chi connectivity index (χ3v) is 5.17. The molecule has 0 amide bonds. The first-order chi connectivity index (χ1) is 11.5. The highest BCUT2D eigenvalue weighted by molar-refractivity contribution is 4.64. The Morgan fingerprint density at radius 3 is 1.40 bits per heavy atom. The van der Waals surface area contributed by atoms with E-state index in [9.17, 15) is 0 Å². The van der Waals surface area contributed by atoms with Crippen molar-refractivity contribution in [3.8, 4) is 0 Å². The molecule has 0 heterocycles. The summed E-state index contributed by atoms with van der Waals surface area (Å²) < 4.78 is 1.10. The van der Waals surface area contributed by atoms with Crippen LogP contribution < -0.4 is 12.4 Å². The van der Waals surface area contributed by atoms with Crippen molar-refractivity contribution in [2.24, 2.45) is 5.92 Å². The number of hydrogen-bond acceptors (Lipinski definition) is 0. The van der Waals surface area contributed by atoms with Gasteiger partial charge >= 0.3 is 0 Å². The fraction of sp³-hybridized carbons (Fsp3) is 0.913. The van der Waals surface area contributed by atoms with Crippen molar-refractivity contribution in [2.75, 3.05) is 27.2 Å². The molecule has 25 heavy (non-hydrogen) atoms. The standard InChI is InChI=1S/C23H48N.ClH/c1-6-21-24(4,5)22-19-17-15-13-11-9-7-8-10-12-14-16-18-20-23(2)3;/h6,23H,1,7-22H2,2-5H3;1H/q+1;/p-1. The fourth-order valence-electron chi connectivity index (χ4n) is 3.48. The first-order valence-corrected chi connectivity index (χ1v) is 10.9. The van der Waals surface area contributed by atoms with Crippen molar-refractivity contribution >= 4 is 0 Å². The molecule has 0 spiro atoms. The number of likely N-dealkylation sites (N-methyl/N-ethyl adjacent to an activating group) is 1. The molecule has 0 saturated carbocycles. The van der Waals surface area contributed by atoms with Gasteiger partial charge in [-0.3, -0.25) is 0 Å². The smallest absolute Gasteiger partial charge is 0.0966 e. The van der Waals surface area contributed by atoms with Crippen LogP contribution in [0.4, 0.5) is 0 Å². The molecule has 0 aliphatic carbocycles. The quantitative estimate of drug-likeness (QED) is 0.190. The van der Waals surface area contributed by atoms with E-state index in [2.05, 4.69) is 34.5 Å². The lowest BCUT2D eigenvalue weighted by Crippen LogP contribution is -3.00. The predicted octanol–water partition coefficient (Wildman–Crippen LogP) is 4.37. The number of quaternary nitrogens is 1. The monoisotopic (exact) mass is 373 g/mol. The predicted molar refractivity (Wildman–Crippen MR) is 112 cm³/mol. The zero-order valence-corrected chi connectivity index (χ0v) is 18.8. The van der Waals surface area contributed by atoms with Gasteiger partial charge in [-0.15, -0.1) is 0 Å². The van der Waals surface area contributed by atoms with Crippen molar-refractivity contribution < 1.29 is 16.9 Å². The summed E-state index contributed by atoms with van der Waals surface area (Å²) in [6.45, 7) is 10.9. The van der Waals surface area contributed by atoms with Crippen LogP contribution in [0.3, 0.4) is 0 Å². The van der Waals surface area contributed by atoms with Crippen molar-refractivity contribution in [2.45, 2.75) is 104 Å². The zero-order chi connectivity index (χ0) is 18.1. The van der Waals surface area contributed by atoms with E-state index in [0.717, 1.165) is 16.9 Å². The van der Waals surface area contributed by atoms with Gasteiger partial charge in [-0.1, -0.05) is 97.5 Å². The molecule has 0 aromatic carbocycles. The Morgan fingerprint density at radius 1 is 0.680 bits per heavy atom. The average Bonchev–Trinajstić information content (AvgIpc) is 2.50. The molecule has 0 unspecified atom stereocenters. The van der Waals surface area contributed by atoms with E-state index in [1.54, 1.807) is 0 Å². The SMILES string of the molecule is C=CC[N+](C)(C)CCCCCCCCCCCCCCCC(C)C.[Cl-]. The second-order valence-corrected chi connectivity index (χ2v) is 8.91. The molecule has 0 bridgehead atoms. The van der Waals surface area contributed by atoms with Crippen LogP contribution in [0.5, 0.6) is 0 Å². The second-order valence-electron chi connectivity index (χ2n) is 8.91. The highest BCUT2D eigenvalue weighted by atomic mass is 35.5. The zero-order valence-electron chi connectivity index (χ0n) is 18.0. The van der Waals surface area contributed by atoms with Crippen LogP contribution in [-0.4, -0.2) is 31.7 Å². The Bertz CT molecular complexity index is 273. The maximum atomic E-state index is 3.85. The highest BCUT2D eigenvalue weighted by Crippen LogP contribution is 2.14. The van der Waals surface area contributed by atoms with E-state index < -0.39 is 0 Å². The summed E-state index contributed by atoms with van der Waals surface area (Å²) >= 11 is 0. The van der Waals surface area contributed by atoms with Crippen LogP contribution >= 0.6 is 0 Å². The minimum absolute atomic E-state index is 0. The lowest BCUT2D eigenvalue weighted by atomic mass is 10.0. The molecule has 0 fully saturated rings. The van der Waals surface area contributed by atoms with Crippen LogP contribution in [0.1, 0.15) is 104 Å². The van der Waals surface area contributed by atoms with Gasteiger partial charge < -0.3 is 16.9 Å². The number of halogens is 1. The number of hydrogen-bond donors (Lipinski definition) is 0. The van der Waals surface area contributed by atoms with Crippen LogP contribution in [0.25, 0.3) is 0 Å². The second kappa shape index (κ2) is 18.8. The van der Waals surface area contributed by atoms with Gasteiger partial charge in [-0.2, -0.15) is 0 Å². The molecule has 1 nitrogen and oxygen atoms in total. The van der Waals surface area contributed by atoms with Gasteiger partial charge in [0, 0.05) is 0 Å². The van der Waals surface area contributed by atoms with Gasteiger partial charge in [-0.25, -0.2) is 0 Å². The Labute approximate surface area is 166 Å². The van der Waals surface area contributed by atoms with E-state index in [1.807, 2.05) is 6.08 Å². The van der Waals surface area contributed by atoms with E-state index in [1.165, 1.54) is 96.4 Å². The summed E-state index contributed by atoms with van der Waals surface area (Å²) in [4.78, 5) is 0. The first-order valence-electron chi connectivity index (χ1n) is 10.9. The molecule has 0 N–H and O–H groups in total. The fourth-order valence-corrected chi connectivity index (χ4v) is 3.48. The molecule has 0 atom stereocenters. The van der Waals surface area contributed by atoms with E-state index in [-0.39, 0.29) is 12.4 Å². The van der Waals surface area contributed by atoms with E-state index in [4.69, 9.17) is 0 Å². The molecular formula is C23H48ClN. The van der Waals surface area contributed by atoms with Crippen LogP contribution in [0.2, 0.25) is 0 Å². The van der Waals surface area contributed by atoms with E-state index in [0.29, 0.717) is 0 Å². The topological polar surface area (TPSA) is 0 Å². The minimum atomic E-state index is 0. The van der Waals surface area contributed by atoms with Gasteiger partial charge in [0.05, 0.1) is 27.2 Å². The summed E-state index contributed by atoms with van der Waals surface area (Å²) in [5.74, 6) is 0.891. The highest BCUT2D eigenvalue weighted by Gasteiger charge is 2.11. The van der Waals surface area contributed by atoms with Crippen LogP contribution in [0, 0.1) is 5.92 Å². The van der Waals surface area contributed by atoms with Gasteiger partial charge in [0.1, 0.15) is 0 Å². The van der Waals surface area contributed by atoms with Gasteiger partial charge in [0.2, 0.25) is 0 Å². The molecule has 0 rings (SSSR count). The summed E-state index contributed by atoms with van der Waals surface area (Å²) in [5, 5.41) is 0. The Hall–Kier alpha value is -0.0100. The Kier molecular flexibility index (Phi) is 20.4. The Balaban J connectivity index is 0. The maximum absolute atomic E-state index is 3.85.